The topological polar surface area (TPSA) is 61.8 Å². The molecule has 0 saturated carbocycles. The van der Waals surface area contributed by atoms with E-state index in [1.165, 1.54) is 0 Å². The molecule has 0 bridgehead atoms. The Kier molecular flexibility index (Phi) is 9.05. The van der Waals surface area contributed by atoms with Crippen LogP contribution >= 0.6 is 0 Å². The van der Waals surface area contributed by atoms with Crippen LogP contribution in [0, 0.1) is 0 Å². The van der Waals surface area contributed by atoms with Gasteiger partial charge in [0.1, 0.15) is 17.2 Å². The Morgan fingerprint density at radius 3 is 1.96 bits per heavy atom. The Labute approximate surface area is 166 Å². The monoisotopic (exact) mass is 384 g/mol. The maximum absolute atomic E-state index is 12.2. The third kappa shape index (κ3) is 7.43. The highest BCUT2D eigenvalue weighted by Crippen LogP contribution is 2.20. The van der Waals surface area contributed by atoms with Crippen molar-refractivity contribution in [1.29, 1.82) is 0 Å². The molecule has 0 unspecified atom stereocenters. The van der Waals surface area contributed by atoms with Crippen LogP contribution in [0.1, 0.15) is 62.7 Å². The van der Waals surface area contributed by atoms with E-state index in [0.717, 1.165) is 37.9 Å². The number of benzene rings is 2. The number of esters is 2. The summed E-state index contributed by atoms with van der Waals surface area (Å²) >= 11 is 0. The smallest absolute Gasteiger partial charge is 0.343 e. The van der Waals surface area contributed by atoms with Gasteiger partial charge in [0.05, 0.1) is 12.2 Å². The molecule has 0 radical (unpaired) electrons. The van der Waals surface area contributed by atoms with Crippen LogP contribution < -0.4 is 14.2 Å². The van der Waals surface area contributed by atoms with Crippen molar-refractivity contribution in [3.63, 3.8) is 0 Å². The second-order valence-corrected chi connectivity index (χ2v) is 6.52. The summed E-state index contributed by atoms with van der Waals surface area (Å²) in [6.45, 7) is 4.81. The van der Waals surface area contributed by atoms with Crippen molar-refractivity contribution >= 4 is 11.9 Å². The van der Waals surface area contributed by atoms with Crippen LogP contribution in [0.5, 0.6) is 17.2 Å². The molecule has 0 amide bonds. The van der Waals surface area contributed by atoms with Crippen LogP contribution in [0.25, 0.3) is 0 Å². The van der Waals surface area contributed by atoms with Gasteiger partial charge in [-0.3, -0.25) is 4.79 Å². The minimum atomic E-state index is -0.473. The van der Waals surface area contributed by atoms with Gasteiger partial charge >= 0.3 is 11.9 Å². The number of carbonyl (C=O) groups excluding carboxylic acids is 2. The zero-order valence-electron chi connectivity index (χ0n) is 16.6. The fourth-order valence-corrected chi connectivity index (χ4v) is 2.53. The summed E-state index contributed by atoms with van der Waals surface area (Å²) in [7, 11) is 0. The molecule has 0 atom stereocenters. The van der Waals surface area contributed by atoms with Crippen molar-refractivity contribution in [2.75, 3.05) is 6.61 Å². The molecule has 2 aromatic rings. The highest BCUT2D eigenvalue weighted by Gasteiger charge is 2.10. The average molecular weight is 384 g/mol. The average Bonchev–Trinajstić information content (AvgIpc) is 2.71. The highest BCUT2D eigenvalue weighted by atomic mass is 16.5. The summed E-state index contributed by atoms with van der Waals surface area (Å²) in [5.41, 5.74) is 0.383. The van der Waals surface area contributed by atoms with Gasteiger partial charge in [0.15, 0.2) is 0 Å². The molecule has 0 fully saturated rings. The Morgan fingerprint density at radius 2 is 1.32 bits per heavy atom. The lowest BCUT2D eigenvalue weighted by Crippen LogP contribution is -2.10. The lowest BCUT2D eigenvalue weighted by molar-refractivity contribution is -0.134. The number of hydrogen-bond donors (Lipinski definition) is 0. The van der Waals surface area contributed by atoms with Gasteiger partial charge in [-0.2, -0.15) is 0 Å². The Hall–Kier alpha value is -2.82. The fraction of sp³-hybridized carbons (Fsp3) is 0.391. The second kappa shape index (κ2) is 11.8. The Morgan fingerprint density at radius 1 is 0.714 bits per heavy atom. The standard InChI is InChI=1S/C23H28O5/c1-3-5-6-7-8-22(24)27-20-11-9-18(10-12-20)23(25)28-21-15-13-19(14-16-21)26-17-4-2/h9-16H,3-8,17H2,1-2H3. The predicted octanol–water partition coefficient (Wildman–Crippen LogP) is 5.57. The molecule has 0 aromatic heterocycles. The van der Waals surface area contributed by atoms with Gasteiger partial charge in [0.25, 0.3) is 0 Å². The van der Waals surface area contributed by atoms with Gasteiger partial charge in [-0.15, -0.1) is 0 Å². The van der Waals surface area contributed by atoms with Crippen molar-refractivity contribution in [2.45, 2.75) is 52.4 Å². The largest absolute Gasteiger partial charge is 0.494 e. The summed E-state index contributed by atoms with van der Waals surface area (Å²) in [6, 6.07) is 13.3. The van der Waals surface area contributed by atoms with Crippen molar-refractivity contribution < 1.29 is 23.8 Å². The van der Waals surface area contributed by atoms with Gasteiger partial charge < -0.3 is 14.2 Å². The molecule has 0 aliphatic rings. The van der Waals surface area contributed by atoms with E-state index in [0.29, 0.717) is 30.1 Å². The maximum atomic E-state index is 12.2. The molecule has 0 spiro atoms. The zero-order chi connectivity index (χ0) is 20.2. The Balaban J connectivity index is 1.83. The lowest BCUT2D eigenvalue weighted by Gasteiger charge is -2.08. The van der Waals surface area contributed by atoms with Crippen molar-refractivity contribution in [3.8, 4) is 17.2 Å². The summed E-state index contributed by atoms with van der Waals surface area (Å²) in [5, 5.41) is 0. The third-order valence-corrected chi connectivity index (χ3v) is 4.06. The molecule has 2 rings (SSSR count). The fourth-order valence-electron chi connectivity index (χ4n) is 2.53. The summed E-state index contributed by atoms with van der Waals surface area (Å²) in [4.78, 5) is 24.1. The number of ether oxygens (including phenoxy) is 3. The van der Waals surface area contributed by atoms with Crippen molar-refractivity contribution in [2.24, 2.45) is 0 Å². The number of unbranched alkanes of at least 4 members (excludes halogenated alkanes) is 3. The van der Waals surface area contributed by atoms with Crippen molar-refractivity contribution in [3.05, 3.63) is 54.1 Å². The normalized spacial score (nSPS) is 10.4. The van der Waals surface area contributed by atoms with Crippen LogP contribution in [-0.2, 0) is 4.79 Å². The molecule has 5 heteroatoms. The zero-order valence-corrected chi connectivity index (χ0v) is 16.6. The van der Waals surface area contributed by atoms with Gasteiger partial charge in [-0.05, 0) is 61.4 Å². The first-order chi connectivity index (χ1) is 13.6. The molecule has 0 heterocycles. The van der Waals surface area contributed by atoms with Crippen LogP contribution in [-0.4, -0.2) is 18.5 Å². The first-order valence-corrected chi connectivity index (χ1v) is 9.88. The van der Waals surface area contributed by atoms with E-state index in [1.54, 1.807) is 48.5 Å². The van der Waals surface area contributed by atoms with Gasteiger partial charge in [-0.1, -0.05) is 33.1 Å². The van der Waals surface area contributed by atoms with E-state index in [4.69, 9.17) is 14.2 Å². The first-order valence-electron chi connectivity index (χ1n) is 9.88. The van der Waals surface area contributed by atoms with Gasteiger partial charge in [0.2, 0.25) is 0 Å². The SMILES string of the molecule is CCCCCCC(=O)Oc1ccc(C(=O)Oc2ccc(OCCC)cc2)cc1. The maximum Gasteiger partial charge on any atom is 0.343 e. The third-order valence-electron chi connectivity index (χ3n) is 4.06. The minimum absolute atomic E-state index is 0.253. The number of hydrogen-bond acceptors (Lipinski definition) is 5. The molecule has 0 N–H and O–H groups in total. The molecule has 0 saturated heterocycles. The predicted molar refractivity (Wildman–Crippen MR) is 108 cm³/mol. The molecule has 150 valence electrons. The van der Waals surface area contributed by atoms with E-state index in [1.807, 2.05) is 6.92 Å². The van der Waals surface area contributed by atoms with Crippen LogP contribution in [0.2, 0.25) is 0 Å². The Bertz CT molecular complexity index is 735. The van der Waals surface area contributed by atoms with E-state index >= 15 is 0 Å². The molecule has 5 nitrogen and oxygen atoms in total. The summed E-state index contributed by atoms with van der Waals surface area (Å²) < 4.78 is 16.1. The van der Waals surface area contributed by atoms with E-state index < -0.39 is 5.97 Å². The van der Waals surface area contributed by atoms with E-state index in [9.17, 15) is 9.59 Å². The summed E-state index contributed by atoms with van der Waals surface area (Å²) in [5.74, 6) is 0.880. The molecule has 28 heavy (non-hydrogen) atoms. The van der Waals surface area contributed by atoms with E-state index in [2.05, 4.69) is 6.92 Å². The van der Waals surface area contributed by atoms with E-state index in [-0.39, 0.29) is 5.97 Å². The lowest BCUT2D eigenvalue weighted by atomic mass is 10.1. The minimum Gasteiger partial charge on any atom is -0.494 e. The van der Waals surface area contributed by atoms with Crippen LogP contribution in [0.3, 0.4) is 0 Å². The summed E-state index contributed by atoms with van der Waals surface area (Å²) in [6.07, 6.45) is 5.45. The van der Waals surface area contributed by atoms with Gasteiger partial charge in [0, 0.05) is 6.42 Å². The quantitative estimate of drug-likeness (QED) is 0.288. The number of carbonyl (C=O) groups is 2. The molecular weight excluding hydrogens is 356 g/mol. The number of rotatable bonds is 11. The molecule has 0 aliphatic carbocycles. The molecule has 2 aromatic carbocycles. The second-order valence-electron chi connectivity index (χ2n) is 6.52. The van der Waals surface area contributed by atoms with Crippen molar-refractivity contribution in [1.82, 2.24) is 0 Å². The highest BCUT2D eigenvalue weighted by molar-refractivity contribution is 5.91. The van der Waals surface area contributed by atoms with Crippen LogP contribution in [0.15, 0.2) is 48.5 Å². The van der Waals surface area contributed by atoms with Crippen LogP contribution in [0.4, 0.5) is 0 Å². The molecular formula is C23H28O5. The first kappa shape index (κ1) is 21.5. The van der Waals surface area contributed by atoms with Gasteiger partial charge in [-0.25, -0.2) is 4.79 Å². The molecule has 0 aliphatic heterocycles.